The summed E-state index contributed by atoms with van der Waals surface area (Å²) in [6.07, 6.45) is -19.0. The minimum Gasteiger partial charge on any atom is -0.493 e. The zero-order chi connectivity index (χ0) is 31.9. The van der Waals surface area contributed by atoms with Gasteiger partial charge >= 0.3 is 24.9 Å². The Kier molecular flexibility index (Phi) is 11.2. The molecule has 3 aromatic rings. The second-order valence-corrected chi connectivity index (χ2v) is 9.43. The van der Waals surface area contributed by atoms with Gasteiger partial charge in [-0.2, -0.15) is 17.6 Å². The summed E-state index contributed by atoms with van der Waals surface area (Å²) in [5, 5.41) is 0.423. The molecule has 3 rings (SSSR count). The van der Waals surface area contributed by atoms with E-state index in [1.165, 1.54) is 36.4 Å². The number of rotatable bonds is 17. The maximum absolute atomic E-state index is 13.9. The van der Waals surface area contributed by atoms with Crippen molar-refractivity contribution in [2.24, 2.45) is 0 Å². The molecule has 0 saturated carbocycles. The summed E-state index contributed by atoms with van der Waals surface area (Å²) in [7, 11) is 1.03. The van der Waals surface area contributed by atoms with Gasteiger partial charge in [-0.1, -0.05) is 25.8 Å². The number of halogens is 9. The maximum Gasteiger partial charge on any atom is 0.573 e. The van der Waals surface area contributed by atoms with Crippen LogP contribution in [0.2, 0.25) is 0 Å². The molecule has 43 heavy (non-hydrogen) atoms. The number of unbranched alkanes of at least 4 members (excludes halogenated alkanes) is 2. The van der Waals surface area contributed by atoms with Crippen molar-refractivity contribution in [1.29, 1.82) is 0 Å². The summed E-state index contributed by atoms with van der Waals surface area (Å²) in [6, 6.07) is 9.83. The highest BCUT2D eigenvalue weighted by molar-refractivity contribution is 5.85. The SMILES string of the molecule is CCCCCc1ccc(-c2cc3ccc(OCCC(F)(F)OC(F)(F)OC(F)(F)CCOC)cc3o2)c(OC(F)(F)F)c1. The average molecular weight is 633 g/mol. The van der Waals surface area contributed by atoms with Gasteiger partial charge in [0, 0.05) is 18.6 Å². The maximum atomic E-state index is 13.9. The molecule has 0 amide bonds. The molecule has 0 spiro atoms. The summed E-state index contributed by atoms with van der Waals surface area (Å²) in [6.45, 7) is 0.424. The highest BCUT2D eigenvalue weighted by Crippen LogP contribution is 2.39. The minimum atomic E-state index is -5.33. The fraction of sp³-hybridized carbons (Fsp3) is 0.500. The highest BCUT2D eigenvalue weighted by atomic mass is 19.4. The van der Waals surface area contributed by atoms with Gasteiger partial charge in [0.2, 0.25) is 0 Å². The van der Waals surface area contributed by atoms with Crippen LogP contribution in [-0.4, -0.2) is 45.2 Å². The van der Waals surface area contributed by atoms with E-state index in [1.807, 2.05) is 6.92 Å². The molecule has 1 aromatic heterocycles. The van der Waals surface area contributed by atoms with Gasteiger partial charge < -0.3 is 18.6 Å². The number of hydrogen-bond donors (Lipinski definition) is 0. The van der Waals surface area contributed by atoms with Crippen LogP contribution >= 0.6 is 0 Å². The third-order valence-electron chi connectivity index (χ3n) is 5.89. The van der Waals surface area contributed by atoms with Crippen molar-refractivity contribution in [3.8, 4) is 22.8 Å². The van der Waals surface area contributed by atoms with Crippen molar-refractivity contribution in [3.05, 3.63) is 48.0 Å². The Hall–Kier alpha value is -3.17. The second-order valence-electron chi connectivity index (χ2n) is 9.43. The molecule has 0 atom stereocenters. The Morgan fingerprint density at radius 1 is 0.767 bits per heavy atom. The standard InChI is InChI=1S/C28H29F9O6/c1-3-4-5-6-18-7-10-21(24(15-18)41-27(33,34)35)23-16-19-8-9-20(17-22(19)40-23)39-14-12-26(31,32)43-28(36,37)42-25(29,30)11-13-38-2/h7-10,15-17H,3-6,11-14H2,1-2H3. The molecule has 2 aromatic carbocycles. The van der Waals surface area contributed by atoms with E-state index in [4.69, 9.17) is 9.15 Å². The summed E-state index contributed by atoms with van der Waals surface area (Å²) >= 11 is 0. The third-order valence-corrected chi connectivity index (χ3v) is 5.89. The van der Waals surface area contributed by atoms with Gasteiger partial charge in [0.25, 0.3) is 0 Å². The van der Waals surface area contributed by atoms with Crippen LogP contribution < -0.4 is 9.47 Å². The summed E-state index contributed by atoms with van der Waals surface area (Å²) in [5.41, 5.74) is 0.773. The molecule has 0 aliphatic rings. The Bertz CT molecular complexity index is 1320. The lowest BCUT2D eigenvalue weighted by molar-refractivity contribution is -0.514. The molecule has 0 saturated heterocycles. The van der Waals surface area contributed by atoms with Crippen LogP contribution in [0.25, 0.3) is 22.3 Å². The fourth-order valence-corrected chi connectivity index (χ4v) is 3.93. The molecular weight excluding hydrogens is 603 g/mol. The van der Waals surface area contributed by atoms with Crippen LogP contribution in [0.5, 0.6) is 11.5 Å². The zero-order valence-electron chi connectivity index (χ0n) is 23.0. The largest absolute Gasteiger partial charge is 0.573 e. The lowest BCUT2D eigenvalue weighted by atomic mass is 10.0. The van der Waals surface area contributed by atoms with Crippen molar-refractivity contribution in [3.63, 3.8) is 0 Å². The number of ether oxygens (including phenoxy) is 5. The van der Waals surface area contributed by atoms with E-state index in [1.54, 1.807) is 6.07 Å². The molecule has 0 unspecified atom stereocenters. The topological polar surface area (TPSA) is 59.3 Å². The van der Waals surface area contributed by atoms with Crippen molar-refractivity contribution < 1.29 is 67.6 Å². The first kappa shape index (κ1) is 34.3. The summed E-state index contributed by atoms with van der Waals surface area (Å²) < 4.78 is 147. The van der Waals surface area contributed by atoms with Crippen LogP contribution in [-0.2, 0) is 20.6 Å². The first-order valence-corrected chi connectivity index (χ1v) is 13.1. The van der Waals surface area contributed by atoms with E-state index in [0.29, 0.717) is 17.4 Å². The van der Waals surface area contributed by atoms with Crippen molar-refractivity contribution >= 4 is 11.0 Å². The zero-order valence-corrected chi connectivity index (χ0v) is 23.0. The second kappa shape index (κ2) is 14.1. The Morgan fingerprint density at radius 2 is 1.44 bits per heavy atom. The van der Waals surface area contributed by atoms with E-state index in [0.717, 1.165) is 26.4 Å². The number of hydrogen-bond acceptors (Lipinski definition) is 6. The highest BCUT2D eigenvalue weighted by Gasteiger charge is 2.51. The number of methoxy groups -OCH3 is 1. The summed E-state index contributed by atoms with van der Waals surface area (Å²) in [4.78, 5) is 0. The Morgan fingerprint density at radius 3 is 2.07 bits per heavy atom. The van der Waals surface area contributed by atoms with Crippen LogP contribution in [0.1, 0.15) is 44.6 Å². The van der Waals surface area contributed by atoms with Gasteiger partial charge in [-0.3, -0.25) is 0 Å². The summed E-state index contributed by atoms with van der Waals surface area (Å²) in [5.74, 6) is -0.496. The monoisotopic (exact) mass is 632 g/mol. The predicted molar refractivity (Wildman–Crippen MR) is 135 cm³/mol. The Balaban J connectivity index is 1.68. The van der Waals surface area contributed by atoms with E-state index in [-0.39, 0.29) is 22.7 Å². The predicted octanol–water partition coefficient (Wildman–Crippen LogP) is 9.31. The van der Waals surface area contributed by atoms with Gasteiger partial charge in [0.05, 0.1) is 31.6 Å². The van der Waals surface area contributed by atoms with Gasteiger partial charge in [-0.25, -0.2) is 9.47 Å². The fourth-order valence-electron chi connectivity index (χ4n) is 3.93. The smallest absolute Gasteiger partial charge is 0.493 e. The molecule has 6 nitrogen and oxygen atoms in total. The third kappa shape index (κ3) is 11.1. The number of aryl methyl sites for hydroxylation is 1. The molecule has 15 heteroatoms. The molecule has 0 fully saturated rings. The van der Waals surface area contributed by atoms with Crippen molar-refractivity contribution in [1.82, 2.24) is 0 Å². The number of furan rings is 1. The lowest BCUT2D eigenvalue weighted by Gasteiger charge is -2.26. The van der Waals surface area contributed by atoms with Crippen LogP contribution in [0.15, 0.2) is 46.9 Å². The average Bonchev–Trinajstić information content (AvgIpc) is 3.28. The first-order chi connectivity index (χ1) is 20.0. The van der Waals surface area contributed by atoms with E-state index >= 15 is 0 Å². The van der Waals surface area contributed by atoms with Crippen LogP contribution in [0, 0.1) is 0 Å². The van der Waals surface area contributed by atoms with Gasteiger partial charge in [0.15, 0.2) is 0 Å². The minimum absolute atomic E-state index is 0.0166. The molecule has 0 N–H and O–H groups in total. The van der Waals surface area contributed by atoms with Crippen molar-refractivity contribution in [2.75, 3.05) is 20.3 Å². The van der Waals surface area contributed by atoms with Crippen LogP contribution in [0.4, 0.5) is 39.5 Å². The number of benzene rings is 2. The normalized spacial score (nSPS) is 13.1. The molecule has 1 heterocycles. The number of fused-ring (bicyclic) bond motifs is 1. The van der Waals surface area contributed by atoms with Gasteiger partial charge in [-0.15, -0.1) is 22.0 Å². The van der Waals surface area contributed by atoms with Crippen LogP contribution in [0.3, 0.4) is 0 Å². The molecule has 0 aliphatic carbocycles. The van der Waals surface area contributed by atoms with E-state index in [9.17, 15) is 39.5 Å². The van der Waals surface area contributed by atoms with Gasteiger partial charge in [-0.05, 0) is 48.7 Å². The van der Waals surface area contributed by atoms with E-state index < -0.39 is 56.7 Å². The quantitative estimate of drug-likeness (QED) is 0.0840. The van der Waals surface area contributed by atoms with E-state index in [2.05, 4.69) is 18.9 Å². The Labute approximate surface area is 240 Å². The van der Waals surface area contributed by atoms with Crippen molar-refractivity contribution in [2.45, 2.75) is 70.3 Å². The molecule has 0 radical (unpaired) electrons. The molecular formula is C28H29F9O6. The number of alkyl halides is 9. The molecule has 0 bridgehead atoms. The molecule has 0 aliphatic heterocycles. The van der Waals surface area contributed by atoms with Gasteiger partial charge in [0.1, 0.15) is 22.8 Å². The first-order valence-electron chi connectivity index (χ1n) is 13.1. The lowest BCUT2D eigenvalue weighted by Crippen LogP contribution is -2.41. The molecule has 240 valence electrons.